The third-order valence-electron chi connectivity index (χ3n) is 4.07. The number of halogens is 3. The lowest BCUT2D eigenvalue weighted by Crippen LogP contribution is -2.43. The summed E-state index contributed by atoms with van der Waals surface area (Å²) in [5.41, 5.74) is 1.97. The molecule has 1 fully saturated rings. The summed E-state index contributed by atoms with van der Waals surface area (Å²) in [5, 5.41) is 2.36. The third kappa shape index (κ3) is 3.93. The monoisotopic (exact) mass is 366 g/mol. The molecule has 1 N–H and O–H groups in total. The van der Waals surface area contributed by atoms with E-state index in [1.54, 1.807) is 24.3 Å². The number of hydrogen-bond acceptors (Lipinski definition) is 3. The van der Waals surface area contributed by atoms with Crippen molar-refractivity contribution in [3.05, 3.63) is 42.0 Å². The van der Waals surface area contributed by atoms with E-state index in [1.807, 2.05) is 20.8 Å². The Hall–Kier alpha value is -2.28. The number of ether oxygens (including phenoxy) is 1. The van der Waals surface area contributed by atoms with Crippen LogP contribution < -0.4 is 10.2 Å². The second-order valence-electron chi connectivity index (χ2n) is 7.37. The Morgan fingerprint density at radius 1 is 1.15 bits per heavy atom. The number of alkyl halides is 3. The maximum Gasteiger partial charge on any atom is 0.409 e. The second-order valence-corrected chi connectivity index (χ2v) is 7.37. The summed E-state index contributed by atoms with van der Waals surface area (Å²) in [4.78, 5) is 11.4. The molecule has 2 aromatic rings. The fourth-order valence-electron chi connectivity index (χ4n) is 3.09. The van der Waals surface area contributed by atoms with Gasteiger partial charge in [0.25, 0.3) is 0 Å². The van der Waals surface area contributed by atoms with Gasteiger partial charge in [-0.25, -0.2) is 5.01 Å². The summed E-state index contributed by atoms with van der Waals surface area (Å²) < 4.78 is 46.9. The van der Waals surface area contributed by atoms with Crippen LogP contribution in [0.4, 0.5) is 13.2 Å². The summed E-state index contributed by atoms with van der Waals surface area (Å²) in [5.74, 6) is 0.223. The van der Waals surface area contributed by atoms with Gasteiger partial charge in [0.15, 0.2) is 0 Å². The second kappa shape index (κ2) is 6.46. The molecule has 1 heterocycles. The number of carbonyl (C=O) groups is 1. The Labute approximate surface area is 149 Å². The lowest BCUT2D eigenvalue weighted by molar-refractivity contribution is -0.191. The van der Waals surface area contributed by atoms with Crippen molar-refractivity contribution in [1.82, 2.24) is 10.4 Å². The SMILES string of the molecule is CC(C)(C)Oc1cccc2cc(C(N3CCC(=O)N3)C(F)(F)F)ccc12. The number of nitrogens with one attached hydrogen (secondary N) is 1. The maximum absolute atomic E-state index is 13.7. The number of carbonyl (C=O) groups excluding carboxylic acids is 1. The number of hydrogen-bond donors (Lipinski definition) is 1. The molecule has 0 aliphatic carbocycles. The molecule has 1 atom stereocenters. The maximum atomic E-state index is 13.7. The Bertz CT molecular complexity index is 828. The summed E-state index contributed by atoms with van der Waals surface area (Å²) in [7, 11) is 0. The van der Waals surface area contributed by atoms with Gasteiger partial charge in [-0.15, -0.1) is 0 Å². The van der Waals surface area contributed by atoms with Gasteiger partial charge in [0, 0.05) is 18.4 Å². The minimum absolute atomic E-state index is 0.0220. The predicted octanol–water partition coefficient (Wildman–Crippen LogP) is 4.36. The number of benzene rings is 2. The quantitative estimate of drug-likeness (QED) is 0.878. The normalized spacial score (nSPS) is 17.4. The molecule has 0 aromatic heterocycles. The molecule has 2 aromatic carbocycles. The molecule has 1 aliphatic heterocycles. The van der Waals surface area contributed by atoms with E-state index in [1.165, 1.54) is 12.1 Å². The average molecular weight is 366 g/mol. The summed E-state index contributed by atoms with van der Waals surface area (Å²) >= 11 is 0. The number of nitrogens with zero attached hydrogens (tertiary/aromatic N) is 1. The van der Waals surface area contributed by atoms with E-state index in [0.29, 0.717) is 11.1 Å². The molecule has 1 aliphatic rings. The van der Waals surface area contributed by atoms with Crippen LogP contribution in [-0.4, -0.2) is 29.2 Å². The third-order valence-corrected chi connectivity index (χ3v) is 4.07. The van der Waals surface area contributed by atoms with Crippen molar-refractivity contribution < 1.29 is 22.7 Å². The van der Waals surface area contributed by atoms with Crippen LogP contribution >= 0.6 is 0 Å². The van der Waals surface area contributed by atoms with E-state index in [2.05, 4.69) is 5.43 Å². The summed E-state index contributed by atoms with van der Waals surface area (Å²) in [6.45, 7) is 5.76. The van der Waals surface area contributed by atoms with Crippen LogP contribution in [0.2, 0.25) is 0 Å². The fraction of sp³-hybridized carbons (Fsp3) is 0.421. The largest absolute Gasteiger partial charge is 0.488 e. The molecule has 7 heteroatoms. The molecule has 26 heavy (non-hydrogen) atoms. The number of amides is 1. The lowest BCUT2D eigenvalue weighted by Gasteiger charge is -2.29. The Kier molecular flexibility index (Phi) is 4.60. The highest BCUT2D eigenvalue weighted by molar-refractivity contribution is 5.89. The van der Waals surface area contributed by atoms with E-state index in [4.69, 9.17) is 4.74 Å². The predicted molar refractivity (Wildman–Crippen MR) is 92.6 cm³/mol. The van der Waals surface area contributed by atoms with Gasteiger partial charge in [0.1, 0.15) is 17.4 Å². The van der Waals surface area contributed by atoms with Crippen molar-refractivity contribution in [2.45, 2.75) is 45.0 Å². The van der Waals surface area contributed by atoms with Gasteiger partial charge in [-0.05, 0) is 43.9 Å². The van der Waals surface area contributed by atoms with Gasteiger partial charge in [0.2, 0.25) is 5.91 Å². The van der Waals surface area contributed by atoms with Crippen molar-refractivity contribution in [2.75, 3.05) is 6.54 Å². The first-order chi connectivity index (χ1) is 12.0. The van der Waals surface area contributed by atoms with Crippen LogP contribution in [0, 0.1) is 0 Å². The molecule has 1 unspecified atom stereocenters. The van der Waals surface area contributed by atoms with Gasteiger partial charge in [-0.2, -0.15) is 13.2 Å². The van der Waals surface area contributed by atoms with Crippen LogP contribution in [-0.2, 0) is 4.79 Å². The molecule has 1 amide bonds. The standard InChI is InChI=1S/C19H21F3N2O2/c1-18(2,3)26-15-6-4-5-12-11-13(7-8-14(12)15)17(19(20,21)22)24-10-9-16(25)23-24/h4-8,11,17H,9-10H2,1-3H3,(H,23,25). The number of hydrazine groups is 1. The van der Waals surface area contributed by atoms with Gasteiger partial charge in [-0.3, -0.25) is 10.2 Å². The zero-order valence-corrected chi connectivity index (χ0v) is 14.9. The van der Waals surface area contributed by atoms with Crippen LogP contribution in [0.1, 0.15) is 38.8 Å². The van der Waals surface area contributed by atoms with Crippen molar-refractivity contribution in [3.8, 4) is 5.75 Å². The minimum Gasteiger partial charge on any atom is -0.488 e. The van der Waals surface area contributed by atoms with Crippen molar-refractivity contribution in [1.29, 1.82) is 0 Å². The summed E-state index contributed by atoms with van der Waals surface area (Å²) in [6.07, 6.45) is -4.45. The minimum atomic E-state index is -4.51. The van der Waals surface area contributed by atoms with E-state index >= 15 is 0 Å². The molecule has 4 nitrogen and oxygen atoms in total. The van der Waals surface area contributed by atoms with Crippen LogP contribution in [0.5, 0.6) is 5.75 Å². The van der Waals surface area contributed by atoms with Gasteiger partial charge < -0.3 is 4.74 Å². The molecule has 0 spiro atoms. The Morgan fingerprint density at radius 3 is 2.46 bits per heavy atom. The van der Waals surface area contributed by atoms with E-state index in [-0.39, 0.29) is 18.5 Å². The Balaban J connectivity index is 2.03. The van der Waals surface area contributed by atoms with Crippen molar-refractivity contribution in [3.63, 3.8) is 0 Å². The molecular formula is C19H21F3N2O2. The Morgan fingerprint density at radius 2 is 1.88 bits per heavy atom. The van der Waals surface area contributed by atoms with Gasteiger partial charge in [0.05, 0.1) is 0 Å². The highest BCUT2D eigenvalue weighted by atomic mass is 19.4. The molecule has 0 saturated carbocycles. The average Bonchev–Trinajstić information content (AvgIpc) is 2.90. The van der Waals surface area contributed by atoms with Crippen LogP contribution in [0.3, 0.4) is 0 Å². The highest BCUT2D eigenvalue weighted by Gasteiger charge is 2.46. The van der Waals surface area contributed by atoms with E-state index in [0.717, 1.165) is 10.4 Å². The molecule has 0 bridgehead atoms. The lowest BCUT2D eigenvalue weighted by atomic mass is 10.00. The van der Waals surface area contributed by atoms with Gasteiger partial charge in [-0.1, -0.05) is 24.3 Å². The molecule has 3 rings (SSSR count). The van der Waals surface area contributed by atoms with E-state index < -0.39 is 23.7 Å². The van der Waals surface area contributed by atoms with Crippen LogP contribution in [0.15, 0.2) is 36.4 Å². The first-order valence-electron chi connectivity index (χ1n) is 8.39. The van der Waals surface area contributed by atoms with Crippen molar-refractivity contribution >= 4 is 16.7 Å². The molecule has 0 radical (unpaired) electrons. The topological polar surface area (TPSA) is 41.6 Å². The van der Waals surface area contributed by atoms with E-state index in [9.17, 15) is 18.0 Å². The zero-order valence-electron chi connectivity index (χ0n) is 14.9. The highest BCUT2D eigenvalue weighted by Crippen LogP contribution is 2.40. The number of rotatable bonds is 3. The first kappa shape index (κ1) is 18.5. The van der Waals surface area contributed by atoms with Crippen LogP contribution in [0.25, 0.3) is 10.8 Å². The zero-order chi connectivity index (χ0) is 19.1. The molecule has 140 valence electrons. The molecular weight excluding hydrogens is 345 g/mol. The summed E-state index contributed by atoms with van der Waals surface area (Å²) in [6, 6.07) is 8.02. The number of fused-ring (bicyclic) bond motifs is 1. The fourth-order valence-corrected chi connectivity index (χ4v) is 3.09. The van der Waals surface area contributed by atoms with Crippen molar-refractivity contribution in [2.24, 2.45) is 0 Å². The van der Waals surface area contributed by atoms with Gasteiger partial charge >= 0.3 is 6.18 Å². The first-order valence-corrected chi connectivity index (χ1v) is 8.39. The molecule has 1 saturated heterocycles. The smallest absolute Gasteiger partial charge is 0.409 e.